The Morgan fingerprint density at radius 1 is 1.30 bits per heavy atom. The Kier molecular flexibility index (Phi) is 8.26. The topological polar surface area (TPSA) is 50.4 Å². The molecule has 1 atom stereocenters. The lowest BCUT2D eigenvalue weighted by Gasteiger charge is -2.22. The maximum atomic E-state index is 11.8. The number of hydrogen-bond donors (Lipinski definition) is 2. The Labute approximate surface area is 126 Å². The molecule has 0 bridgehead atoms. The van der Waals surface area contributed by atoms with E-state index in [0.29, 0.717) is 19.8 Å². The predicted molar refractivity (Wildman–Crippen MR) is 82.0 cm³/mol. The number of piperidine rings is 1. The van der Waals surface area contributed by atoms with Gasteiger partial charge in [0.1, 0.15) is 0 Å². The predicted octanol–water partition coefficient (Wildman–Crippen LogP) is 1.88. The van der Waals surface area contributed by atoms with Gasteiger partial charge in [-0.1, -0.05) is 36.8 Å². The van der Waals surface area contributed by atoms with Crippen molar-refractivity contribution in [2.75, 3.05) is 19.7 Å². The molecule has 0 saturated carbocycles. The van der Waals surface area contributed by atoms with Crippen molar-refractivity contribution < 1.29 is 9.53 Å². The molecule has 1 aromatic carbocycles. The normalized spacial score (nSPS) is 18.1. The molecule has 1 unspecified atom stereocenters. The van der Waals surface area contributed by atoms with Crippen molar-refractivity contribution in [3.8, 4) is 0 Å². The average molecular weight is 299 g/mol. The molecule has 1 amide bonds. The van der Waals surface area contributed by atoms with E-state index in [4.69, 9.17) is 4.74 Å². The lowest BCUT2D eigenvalue weighted by molar-refractivity contribution is -0.123. The molecule has 2 rings (SSSR count). The maximum Gasteiger partial charge on any atom is 0.237 e. The van der Waals surface area contributed by atoms with Crippen LogP contribution in [0.3, 0.4) is 0 Å². The first kappa shape index (κ1) is 17.0. The number of halogens is 1. The third-order valence-electron chi connectivity index (χ3n) is 3.28. The summed E-state index contributed by atoms with van der Waals surface area (Å²) in [6.07, 6.45) is 3.25. The summed E-state index contributed by atoms with van der Waals surface area (Å²) < 4.78 is 5.52. The van der Waals surface area contributed by atoms with E-state index >= 15 is 0 Å². The van der Waals surface area contributed by atoms with Gasteiger partial charge in [-0.3, -0.25) is 4.79 Å². The van der Waals surface area contributed by atoms with Crippen molar-refractivity contribution in [2.45, 2.75) is 31.9 Å². The van der Waals surface area contributed by atoms with E-state index in [0.717, 1.165) is 24.9 Å². The molecule has 5 heteroatoms. The quantitative estimate of drug-likeness (QED) is 0.789. The van der Waals surface area contributed by atoms with Crippen LogP contribution in [0.1, 0.15) is 24.8 Å². The lowest BCUT2D eigenvalue weighted by atomic mass is 10.0. The summed E-state index contributed by atoms with van der Waals surface area (Å²) in [5.74, 6) is 0.100. The number of rotatable bonds is 6. The standard InChI is InChI=1S/C15H22N2O2.ClH/c18-15(14-8-4-5-9-16-14)17-10-11-19-12-13-6-2-1-3-7-13;/h1-3,6-7,14,16H,4-5,8-12H2,(H,17,18);1H. The second-order valence-electron chi connectivity index (χ2n) is 4.83. The van der Waals surface area contributed by atoms with Crippen molar-refractivity contribution in [2.24, 2.45) is 0 Å². The van der Waals surface area contributed by atoms with E-state index in [-0.39, 0.29) is 24.4 Å². The minimum Gasteiger partial charge on any atom is -0.375 e. The van der Waals surface area contributed by atoms with Crippen LogP contribution in [0.2, 0.25) is 0 Å². The zero-order valence-corrected chi connectivity index (χ0v) is 12.5. The molecule has 112 valence electrons. The maximum absolute atomic E-state index is 11.8. The fraction of sp³-hybridized carbons (Fsp3) is 0.533. The van der Waals surface area contributed by atoms with Crippen molar-refractivity contribution >= 4 is 18.3 Å². The van der Waals surface area contributed by atoms with Gasteiger partial charge < -0.3 is 15.4 Å². The summed E-state index contributed by atoms with van der Waals surface area (Å²) >= 11 is 0. The molecule has 1 aliphatic rings. The molecule has 0 spiro atoms. The summed E-state index contributed by atoms with van der Waals surface area (Å²) in [5.41, 5.74) is 1.16. The van der Waals surface area contributed by atoms with Crippen LogP contribution < -0.4 is 10.6 Å². The second-order valence-corrected chi connectivity index (χ2v) is 4.83. The van der Waals surface area contributed by atoms with E-state index in [1.807, 2.05) is 30.3 Å². The van der Waals surface area contributed by atoms with Gasteiger partial charge in [0, 0.05) is 6.54 Å². The van der Waals surface area contributed by atoms with Gasteiger partial charge in [-0.2, -0.15) is 0 Å². The number of carbonyl (C=O) groups is 1. The summed E-state index contributed by atoms with van der Waals surface area (Å²) in [5, 5.41) is 6.14. The molecule has 0 aliphatic carbocycles. The third-order valence-corrected chi connectivity index (χ3v) is 3.28. The minimum atomic E-state index is -0.0112. The van der Waals surface area contributed by atoms with Gasteiger partial charge in [-0.15, -0.1) is 12.4 Å². The molecule has 2 N–H and O–H groups in total. The SMILES string of the molecule is Cl.O=C(NCCOCc1ccccc1)C1CCCCN1. The van der Waals surface area contributed by atoms with Gasteiger partial charge in [0.15, 0.2) is 0 Å². The Hall–Kier alpha value is -1.10. The monoisotopic (exact) mass is 298 g/mol. The number of carbonyl (C=O) groups excluding carboxylic acids is 1. The second kappa shape index (κ2) is 9.75. The molecule has 0 radical (unpaired) electrons. The third kappa shape index (κ3) is 5.90. The summed E-state index contributed by atoms with van der Waals surface area (Å²) in [7, 11) is 0. The molecule has 4 nitrogen and oxygen atoms in total. The van der Waals surface area contributed by atoms with Crippen LogP contribution in [0, 0.1) is 0 Å². The molecule has 1 aliphatic heterocycles. The van der Waals surface area contributed by atoms with Crippen LogP contribution in [0.15, 0.2) is 30.3 Å². The van der Waals surface area contributed by atoms with Crippen molar-refractivity contribution in [3.63, 3.8) is 0 Å². The van der Waals surface area contributed by atoms with E-state index in [2.05, 4.69) is 10.6 Å². The fourth-order valence-corrected chi connectivity index (χ4v) is 2.21. The molecule has 1 fully saturated rings. The Balaban J connectivity index is 0.00000200. The molecule has 20 heavy (non-hydrogen) atoms. The molecule has 1 aromatic rings. The lowest BCUT2D eigenvalue weighted by Crippen LogP contribution is -2.47. The number of amides is 1. The molecular formula is C15H23ClN2O2. The first-order valence-electron chi connectivity index (χ1n) is 6.99. The van der Waals surface area contributed by atoms with E-state index in [1.165, 1.54) is 6.42 Å². The number of ether oxygens (including phenoxy) is 1. The number of benzene rings is 1. The van der Waals surface area contributed by atoms with Crippen molar-refractivity contribution in [1.29, 1.82) is 0 Å². The molecule has 1 heterocycles. The Bertz CT molecular complexity index is 381. The van der Waals surface area contributed by atoms with Gasteiger partial charge in [0.25, 0.3) is 0 Å². The smallest absolute Gasteiger partial charge is 0.237 e. The molecular weight excluding hydrogens is 276 g/mol. The number of nitrogens with one attached hydrogen (secondary N) is 2. The minimum absolute atomic E-state index is 0. The highest BCUT2D eigenvalue weighted by molar-refractivity contribution is 5.85. The van der Waals surface area contributed by atoms with E-state index in [1.54, 1.807) is 0 Å². The van der Waals surface area contributed by atoms with Crippen molar-refractivity contribution in [1.82, 2.24) is 10.6 Å². The Morgan fingerprint density at radius 2 is 2.10 bits per heavy atom. The summed E-state index contributed by atoms with van der Waals surface area (Å²) in [6, 6.07) is 10.0. The number of hydrogen-bond acceptors (Lipinski definition) is 3. The van der Waals surface area contributed by atoms with Crippen LogP contribution in [0.4, 0.5) is 0 Å². The van der Waals surface area contributed by atoms with Crippen LogP contribution in [-0.2, 0) is 16.1 Å². The van der Waals surface area contributed by atoms with Gasteiger partial charge in [-0.25, -0.2) is 0 Å². The first-order valence-corrected chi connectivity index (χ1v) is 6.99. The Morgan fingerprint density at radius 3 is 2.80 bits per heavy atom. The van der Waals surface area contributed by atoms with E-state index in [9.17, 15) is 4.79 Å². The van der Waals surface area contributed by atoms with Crippen LogP contribution >= 0.6 is 12.4 Å². The zero-order chi connectivity index (χ0) is 13.3. The van der Waals surface area contributed by atoms with Crippen molar-refractivity contribution in [3.05, 3.63) is 35.9 Å². The zero-order valence-electron chi connectivity index (χ0n) is 11.6. The highest BCUT2D eigenvalue weighted by Gasteiger charge is 2.19. The fourth-order valence-electron chi connectivity index (χ4n) is 2.21. The van der Waals surface area contributed by atoms with Gasteiger partial charge >= 0.3 is 0 Å². The van der Waals surface area contributed by atoms with Gasteiger partial charge in [0.05, 0.1) is 19.3 Å². The largest absolute Gasteiger partial charge is 0.375 e. The van der Waals surface area contributed by atoms with E-state index < -0.39 is 0 Å². The highest BCUT2D eigenvalue weighted by atomic mass is 35.5. The summed E-state index contributed by atoms with van der Waals surface area (Å²) in [4.78, 5) is 11.8. The average Bonchev–Trinajstić information content (AvgIpc) is 2.49. The highest BCUT2D eigenvalue weighted by Crippen LogP contribution is 2.06. The van der Waals surface area contributed by atoms with Gasteiger partial charge in [0.2, 0.25) is 5.91 Å². The summed E-state index contributed by atoms with van der Waals surface area (Å²) in [6.45, 7) is 2.66. The van der Waals surface area contributed by atoms with Crippen LogP contribution in [0.25, 0.3) is 0 Å². The molecule has 0 aromatic heterocycles. The van der Waals surface area contributed by atoms with Crippen LogP contribution in [0.5, 0.6) is 0 Å². The molecule has 1 saturated heterocycles. The van der Waals surface area contributed by atoms with Crippen LogP contribution in [-0.4, -0.2) is 31.6 Å². The first-order chi connectivity index (χ1) is 9.36. The van der Waals surface area contributed by atoms with Gasteiger partial charge in [-0.05, 0) is 24.9 Å².